The third-order valence-electron chi connectivity index (χ3n) is 3.73. The number of ether oxygens (including phenoxy) is 1. The smallest absolute Gasteiger partial charge is 0.119 e. The first-order valence-electron chi connectivity index (χ1n) is 7.91. The van der Waals surface area contributed by atoms with Crippen LogP contribution in [0.15, 0.2) is 59.6 Å². The molecule has 3 heteroatoms. The van der Waals surface area contributed by atoms with Crippen LogP contribution >= 0.6 is 11.8 Å². The molecular weight excluding hydrogens is 302 g/mol. The molecule has 118 valence electrons. The number of para-hydroxylation sites is 1. The highest BCUT2D eigenvalue weighted by molar-refractivity contribution is 7.99. The van der Waals surface area contributed by atoms with Gasteiger partial charge < -0.3 is 4.74 Å². The Morgan fingerprint density at radius 3 is 2.61 bits per heavy atom. The van der Waals surface area contributed by atoms with Crippen molar-refractivity contribution in [2.45, 2.75) is 25.3 Å². The van der Waals surface area contributed by atoms with Crippen molar-refractivity contribution in [2.75, 3.05) is 12.4 Å². The molecule has 2 nitrogen and oxygen atoms in total. The molecule has 0 unspecified atom stereocenters. The highest BCUT2D eigenvalue weighted by Crippen LogP contribution is 2.24. The molecule has 0 saturated heterocycles. The first kappa shape index (κ1) is 15.9. The van der Waals surface area contributed by atoms with Crippen LogP contribution in [0.25, 0.3) is 10.9 Å². The number of pyridine rings is 1. The molecule has 0 amide bonds. The van der Waals surface area contributed by atoms with Gasteiger partial charge in [0.25, 0.3) is 0 Å². The molecule has 3 rings (SSSR count). The van der Waals surface area contributed by atoms with Crippen LogP contribution in [0.1, 0.15) is 17.5 Å². The van der Waals surface area contributed by atoms with Crippen molar-refractivity contribution in [1.29, 1.82) is 0 Å². The van der Waals surface area contributed by atoms with Crippen molar-refractivity contribution in [3.63, 3.8) is 0 Å². The van der Waals surface area contributed by atoms with Crippen LogP contribution < -0.4 is 4.74 Å². The minimum absolute atomic E-state index is 0.739. The largest absolute Gasteiger partial charge is 0.494 e. The number of fused-ring (bicyclic) bond motifs is 1. The number of hydrogen-bond donors (Lipinski definition) is 0. The lowest BCUT2D eigenvalue weighted by molar-refractivity contribution is 0.318. The van der Waals surface area contributed by atoms with Gasteiger partial charge >= 0.3 is 0 Å². The van der Waals surface area contributed by atoms with E-state index < -0.39 is 0 Å². The quantitative estimate of drug-likeness (QED) is 0.447. The normalized spacial score (nSPS) is 10.9. The van der Waals surface area contributed by atoms with Crippen molar-refractivity contribution in [2.24, 2.45) is 0 Å². The lowest BCUT2D eigenvalue weighted by Gasteiger charge is -2.07. The molecular formula is C20H21NOS. The SMILES string of the molecule is Cc1ccc(OCCCSc2cc(C)c3ccccc3n2)cc1. The second-order valence-corrected chi connectivity index (χ2v) is 6.77. The number of nitrogens with zero attached hydrogens (tertiary/aromatic N) is 1. The van der Waals surface area contributed by atoms with Gasteiger partial charge in [0.1, 0.15) is 5.75 Å². The predicted molar refractivity (Wildman–Crippen MR) is 98.5 cm³/mol. The highest BCUT2D eigenvalue weighted by atomic mass is 32.2. The number of rotatable bonds is 6. The lowest BCUT2D eigenvalue weighted by atomic mass is 10.1. The van der Waals surface area contributed by atoms with Gasteiger partial charge in [0.15, 0.2) is 0 Å². The molecule has 23 heavy (non-hydrogen) atoms. The van der Waals surface area contributed by atoms with E-state index in [1.807, 2.05) is 18.2 Å². The molecule has 0 fully saturated rings. The van der Waals surface area contributed by atoms with Gasteiger partial charge in [-0.25, -0.2) is 4.98 Å². The average Bonchev–Trinajstić information content (AvgIpc) is 2.56. The van der Waals surface area contributed by atoms with Gasteiger partial charge in [0.05, 0.1) is 17.1 Å². The Kier molecular flexibility index (Phi) is 5.19. The molecule has 0 spiro atoms. The topological polar surface area (TPSA) is 22.1 Å². The second kappa shape index (κ2) is 7.51. The molecule has 0 radical (unpaired) electrons. The molecule has 0 aliphatic rings. The van der Waals surface area contributed by atoms with Crippen molar-refractivity contribution in [3.8, 4) is 5.75 Å². The van der Waals surface area contributed by atoms with E-state index in [4.69, 9.17) is 9.72 Å². The van der Waals surface area contributed by atoms with Crippen LogP contribution in [0.4, 0.5) is 0 Å². The number of aromatic nitrogens is 1. The zero-order valence-corrected chi connectivity index (χ0v) is 14.4. The molecule has 1 aromatic heterocycles. The Balaban J connectivity index is 1.50. The summed E-state index contributed by atoms with van der Waals surface area (Å²) in [6, 6.07) is 18.7. The summed E-state index contributed by atoms with van der Waals surface area (Å²) < 4.78 is 5.76. The lowest BCUT2D eigenvalue weighted by Crippen LogP contribution is -1.99. The van der Waals surface area contributed by atoms with E-state index in [-0.39, 0.29) is 0 Å². The fraction of sp³-hybridized carbons (Fsp3) is 0.250. The number of benzene rings is 2. The molecule has 0 N–H and O–H groups in total. The molecule has 0 saturated carbocycles. The summed E-state index contributed by atoms with van der Waals surface area (Å²) in [5.41, 5.74) is 3.62. The summed E-state index contributed by atoms with van der Waals surface area (Å²) in [4.78, 5) is 4.72. The Morgan fingerprint density at radius 1 is 1.00 bits per heavy atom. The van der Waals surface area contributed by atoms with E-state index in [9.17, 15) is 0 Å². The Labute approximate surface area is 141 Å². The zero-order chi connectivity index (χ0) is 16.1. The maximum atomic E-state index is 5.76. The summed E-state index contributed by atoms with van der Waals surface area (Å²) in [5, 5.41) is 2.33. The van der Waals surface area contributed by atoms with Gasteiger partial charge in [-0.15, -0.1) is 11.8 Å². The van der Waals surface area contributed by atoms with E-state index in [1.54, 1.807) is 11.8 Å². The summed E-state index contributed by atoms with van der Waals surface area (Å²) in [5.74, 6) is 1.96. The average molecular weight is 323 g/mol. The van der Waals surface area contributed by atoms with Crippen LogP contribution in [0.5, 0.6) is 5.75 Å². The molecule has 0 bridgehead atoms. The van der Waals surface area contributed by atoms with Gasteiger partial charge in [-0.1, -0.05) is 35.9 Å². The standard InChI is InChI=1S/C20H21NOS/c1-15-8-10-17(11-9-15)22-12-5-13-23-20-14-16(2)18-6-3-4-7-19(18)21-20/h3-4,6-11,14H,5,12-13H2,1-2H3. The minimum atomic E-state index is 0.739. The number of aryl methyl sites for hydroxylation is 2. The highest BCUT2D eigenvalue weighted by Gasteiger charge is 2.03. The predicted octanol–water partition coefficient (Wildman–Crippen LogP) is 5.41. The van der Waals surface area contributed by atoms with Crippen LogP contribution in [-0.4, -0.2) is 17.3 Å². The van der Waals surface area contributed by atoms with Crippen LogP contribution in [-0.2, 0) is 0 Å². The maximum Gasteiger partial charge on any atom is 0.119 e. The third kappa shape index (κ3) is 4.26. The summed E-state index contributed by atoms with van der Waals surface area (Å²) in [7, 11) is 0. The molecule has 0 aliphatic heterocycles. The van der Waals surface area contributed by atoms with Crippen molar-refractivity contribution >= 4 is 22.7 Å². The van der Waals surface area contributed by atoms with Crippen molar-refractivity contribution in [3.05, 3.63) is 65.7 Å². The monoisotopic (exact) mass is 323 g/mol. The summed E-state index contributed by atoms with van der Waals surface area (Å²) in [6.07, 6.45) is 1.01. The molecule has 0 aliphatic carbocycles. The summed E-state index contributed by atoms with van der Waals surface area (Å²) in [6.45, 7) is 4.97. The van der Waals surface area contributed by atoms with Gasteiger partial charge in [-0.3, -0.25) is 0 Å². The van der Waals surface area contributed by atoms with Crippen LogP contribution in [0.2, 0.25) is 0 Å². The van der Waals surface area contributed by atoms with Crippen molar-refractivity contribution in [1.82, 2.24) is 4.98 Å². The summed E-state index contributed by atoms with van der Waals surface area (Å²) >= 11 is 1.80. The molecule has 0 atom stereocenters. The van der Waals surface area contributed by atoms with E-state index in [0.717, 1.165) is 35.1 Å². The Hall–Kier alpha value is -2.00. The number of thioether (sulfide) groups is 1. The number of hydrogen-bond acceptors (Lipinski definition) is 3. The van der Waals surface area contributed by atoms with Crippen LogP contribution in [0.3, 0.4) is 0 Å². The molecule has 1 heterocycles. The first-order chi connectivity index (χ1) is 11.2. The van der Waals surface area contributed by atoms with E-state index >= 15 is 0 Å². The van der Waals surface area contributed by atoms with Crippen molar-refractivity contribution < 1.29 is 4.74 Å². The zero-order valence-electron chi connectivity index (χ0n) is 13.6. The van der Waals surface area contributed by atoms with E-state index in [2.05, 4.69) is 50.2 Å². The van der Waals surface area contributed by atoms with Gasteiger partial charge in [0, 0.05) is 11.1 Å². The minimum Gasteiger partial charge on any atom is -0.494 e. The fourth-order valence-corrected chi connectivity index (χ4v) is 3.35. The Bertz CT molecular complexity index is 783. The van der Waals surface area contributed by atoms with E-state index in [0.29, 0.717) is 0 Å². The van der Waals surface area contributed by atoms with Gasteiger partial charge in [-0.05, 0) is 50.1 Å². The third-order valence-corrected chi connectivity index (χ3v) is 4.73. The molecule has 2 aromatic carbocycles. The Morgan fingerprint density at radius 2 is 1.78 bits per heavy atom. The maximum absolute atomic E-state index is 5.76. The van der Waals surface area contributed by atoms with E-state index in [1.165, 1.54) is 16.5 Å². The fourth-order valence-electron chi connectivity index (χ4n) is 2.45. The molecule has 3 aromatic rings. The van der Waals surface area contributed by atoms with Gasteiger partial charge in [-0.2, -0.15) is 0 Å². The van der Waals surface area contributed by atoms with Gasteiger partial charge in [0.2, 0.25) is 0 Å². The first-order valence-corrected chi connectivity index (χ1v) is 8.89. The van der Waals surface area contributed by atoms with Crippen LogP contribution in [0, 0.1) is 13.8 Å². The second-order valence-electron chi connectivity index (χ2n) is 5.66.